The number of carbonyl (C=O) groups excluding carboxylic acids is 1. The molecule has 0 aliphatic carbocycles. The fourth-order valence-corrected chi connectivity index (χ4v) is 3.44. The van der Waals surface area contributed by atoms with E-state index >= 15 is 0 Å². The Balaban J connectivity index is 2.15. The van der Waals surface area contributed by atoms with Crippen LogP contribution in [0, 0.1) is 5.92 Å². The highest BCUT2D eigenvalue weighted by molar-refractivity contribution is 7.16. The van der Waals surface area contributed by atoms with Crippen LogP contribution in [0.5, 0.6) is 0 Å². The third-order valence-corrected chi connectivity index (χ3v) is 5.17. The Morgan fingerprint density at radius 1 is 1.41 bits per heavy atom. The molecule has 2 rings (SSSR count). The molecule has 2 aromatic heterocycles. The van der Waals surface area contributed by atoms with Crippen molar-refractivity contribution in [3.05, 3.63) is 20.0 Å². The summed E-state index contributed by atoms with van der Waals surface area (Å²) in [7, 11) is 1.62. The smallest absolute Gasteiger partial charge is 0.323 e. The summed E-state index contributed by atoms with van der Waals surface area (Å²) in [6, 6.07) is -0.552. The minimum Gasteiger partial charge on any atom is -0.462 e. The van der Waals surface area contributed by atoms with E-state index in [2.05, 4.69) is 15.3 Å². The number of nitrogens with one attached hydrogen (secondary N) is 2. The Morgan fingerprint density at radius 2 is 2.10 bits per heavy atom. The van der Waals surface area contributed by atoms with Crippen LogP contribution in [0.3, 0.4) is 0 Å². The molecule has 0 saturated carbocycles. The minimum absolute atomic E-state index is 0.0278. The number of ether oxygens (including phenoxy) is 2. The molecule has 12 nitrogen and oxygen atoms in total. The molecule has 2 aromatic rings. The number of aliphatic hydroxyl groups is 2. The number of likely N-dealkylation sites (N-methyl/N-ethyl adjacent to an activating group) is 1. The van der Waals surface area contributed by atoms with Gasteiger partial charge in [0.05, 0.1) is 6.61 Å². The molecular formula is C16H25N5O7S. The van der Waals surface area contributed by atoms with E-state index in [-0.39, 0.29) is 28.8 Å². The molecule has 0 aromatic carbocycles. The molecule has 2 heterocycles. The van der Waals surface area contributed by atoms with Crippen molar-refractivity contribution in [3.8, 4) is 0 Å². The van der Waals surface area contributed by atoms with Crippen molar-refractivity contribution in [2.75, 3.05) is 26.0 Å². The summed E-state index contributed by atoms with van der Waals surface area (Å²) in [4.78, 5) is 42.0. The highest BCUT2D eigenvalue weighted by Crippen LogP contribution is 2.13. The first-order valence-electron chi connectivity index (χ1n) is 8.83. The molecule has 13 heteroatoms. The summed E-state index contributed by atoms with van der Waals surface area (Å²) in [5.74, 6) is -0.734. The molecule has 29 heavy (non-hydrogen) atoms. The Morgan fingerprint density at radius 3 is 2.69 bits per heavy atom. The van der Waals surface area contributed by atoms with Crippen LogP contribution in [0.2, 0.25) is 0 Å². The molecular weight excluding hydrogens is 406 g/mol. The van der Waals surface area contributed by atoms with Gasteiger partial charge in [-0.15, -0.1) is 0 Å². The van der Waals surface area contributed by atoms with Crippen molar-refractivity contribution >= 4 is 33.6 Å². The normalized spacial score (nSPS) is 14.8. The van der Waals surface area contributed by atoms with Crippen molar-refractivity contribution in [2.45, 2.75) is 38.8 Å². The molecule has 0 aliphatic rings. The van der Waals surface area contributed by atoms with Crippen LogP contribution in [0.1, 0.15) is 13.8 Å². The van der Waals surface area contributed by atoms with Crippen molar-refractivity contribution in [1.29, 1.82) is 0 Å². The van der Waals surface area contributed by atoms with Gasteiger partial charge < -0.3 is 30.7 Å². The van der Waals surface area contributed by atoms with Crippen LogP contribution in [0.15, 0.2) is 9.59 Å². The number of carbonyl (C=O) groups is 1. The standard InChI is InChI=1S/C16H25N5O7S/c1-7(2)10(18-3)14(25)27-5-9(8(23)4-22)28-6-21-12-11(29-16(21)26)13(24)20-15(17)19-12/h7-10,18,22-23H,4-6H2,1-3H3,(H3,17,19,20,24)/t8-,9+,10-/m0/s1. The van der Waals surface area contributed by atoms with E-state index in [1.54, 1.807) is 7.05 Å². The summed E-state index contributed by atoms with van der Waals surface area (Å²) in [5, 5.41) is 22.1. The maximum atomic E-state index is 12.2. The van der Waals surface area contributed by atoms with Gasteiger partial charge in [0.15, 0.2) is 5.65 Å². The molecule has 0 radical (unpaired) electrons. The fourth-order valence-electron chi connectivity index (χ4n) is 2.62. The van der Waals surface area contributed by atoms with Crippen molar-refractivity contribution in [2.24, 2.45) is 5.92 Å². The zero-order valence-corrected chi connectivity index (χ0v) is 17.1. The first-order valence-corrected chi connectivity index (χ1v) is 9.64. The lowest BCUT2D eigenvalue weighted by molar-refractivity contribution is -0.159. The number of nitrogens with two attached hydrogens (primary N) is 1. The SMILES string of the molecule is CN[C@H](C(=O)OC[C@@H](OCn1c(=O)sc2c(=O)[nH]c(N)nc21)[C@@H](O)CO)C(C)C. The quantitative estimate of drug-likeness (QED) is 0.269. The second kappa shape index (κ2) is 9.93. The molecule has 0 saturated heterocycles. The molecule has 0 amide bonds. The van der Waals surface area contributed by atoms with Gasteiger partial charge in [-0.2, -0.15) is 4.98 Å². The van der Waals surface area contributed by atoms with Crippen LogP contribution in [0.4, 0.5) is 5.95 Å². The number of H-pyrrole nitrogens is 1. The van der Waals surface area contributed by atoms with E-state index in [0.29, 0.717) is 11.3 Å². The number of hydrogen-bond acceptors (Lipinski definition) is 11. The molecule has 0 aliphatic heterocycles. The summed E-state index contributed by atoms with van der Waals surface area (Å²) in [6.07, 6.45) is -2.48. The summed E-state index contributed by atoms with van der Waals surface area (Å²) < 4.78 is 11.8. The Bertz CT molecular complexity index is 953. The number of aromatic amines is 1. The van der Waals surface area contributed by atoms with Crippen LogP contribution < -0.4 is 21.5 Å². The monoisotopic (exact) mass is 431 g/mol. The van der Waals surface area contributed by atoms with E-state index < -0.39 is 48.0 Å². The van der Waals surface area contributed by atoms with Gasteiger partial charge in [-0.25, -0.2) is 0 Å². The van der Waals surface area contributed by atoms with E-state index in [1.165, 1.54) is 0 Å². The van der Waals surface area contributed by atoms with Gasteiger partial charge >= 0.3 is 10.8 Å². The van der Waals surface area contributed by atoms with Crippen LogP contribution in [-0.2, 0) is 21.0 Å². The average Bonchev–Trinajstić information content (AvgIpc) is 2.97. The summed E-state index contributed by atoms with van der Waals surface area (Å²) in [6.45, 7) is 2.29. The Hall–Kier alpha value is -2.32. The number of nitrogen functional groups attached to an aromatic ring is 1. The largest absolute Gasteiger partial charge is 0.462 e. The third-order valence-electron chi connectivity index (χ3n) is 4.20. The number of thiazole rings is 1. The van der Waals surface area contributed by atoms with E-state index in [4.69, 9.17) is 15.2 Å². The molecule has 3 atom stereocenters. The minimum atomic E-state index is -1.36. The number of aromatic nitrogens is 3. The number of esters is 1. The maximum Gasteiger partial charge on any atom is 0.323 e. The van der Waals surface area contributed by atoms with Gasteiger partial charge in [0.1, 0.15) is 36.3 Å². The van der Waals surface area contributed by atoms with Crippen molar-refractivity contribution in [3.63, 3.8) is 0 Å². The zero-order chi connectivity index (χ0) is 21.7. The average molecular weight is 431 g/mol. The van der Waals surface area contributed by atoms with Gasteiger partial charge in [0, 0.05) is 0 Å². The van der Waals surface area contributed by atoms with Crippen molar-refractivity contribution < 1.29 is 24.5 Å². The third kappa shape index (κ3) is 5.39. The Labute approximate surface area is 169 Å². The summed E-state index contributed by atoms with van der Waals surface area (Å²) in [5.41, 5.74) is 5.00. The lowest BCUT2D eigenvalue weighted by atomic mass is 10.1. The highest BCUT2D eigenvalue weighted by atomic mass is 32.1. The predicted molar refractivity (Wildman–Crippen MR) is 106 cm³/mol. The van der Waals surface area contributed by atoms with Gasteiger partial charge in [-0.05, 0) is 13.0 Å². The van der Waals surface area contributed by atoms with Crippen LogP contribution >= 0.6 is 11.3 Å². The molecule has 0 spiro atoms. The fraction of sp³-hybridized carbons (Fsp3) is 0.625. The topological polar surface area (TPSA) is 182 Å². The maximum absolute atomic E-state index is 12.2. The highest BCUT2D eigenvalue weighted by Gasteiger charge is 2.26. The number of hydrogen-bond donors (Lipinski definition) is 5. The first kappa shape index (κ1) is 23.0. The molecule has 6 N–H and O–H groups in total. The predicted octanol–water partition coefficient (Wildman–Crippen LogP) is -1.79. The lowest BCUT2D eigenvalue weighted by Crippen LogP contribution is -2.43. The van der Waals surface area contributed by atoms with Gasteiger partial charge in [-0.1, -0.05) is 25.2 Å². The van der Waals surface area contributed by atoms with Crippen LogP contribution in [-0.4, -0.2) is 69.2 Å². The van der Waals surface area contributed by atoms with Gasteiger partial charge in [0.2, 0.25) is 5.95 Å². The zero-order valence-electron chi connectivity index (χ0n) is 16.2. The van der Waals surface area contributed by atoms with Crippen LogP contribution in [0.25, 0.3) is 10.3 Å². The van der Waals surface area contributed by atoms with Crippen molar-refractivity contribution in [1.82, 2.24) is 19.9 Å². The number of anilines is 1. The van der Waals surface area contributed by atoms with Gasteiger partial charge in [0.25, 0.3) is 5.56 Å². The van der Waals surface area contributed by atoms with E-state index in [1.807, 2.05) is 13.8 Å². The molecule has 0 bridgehead atoms. The second-order valence-electron chi connectivity index (χ2n) is 6.62. The molecule has 162 valence electrons. The molecule has 0 unspecified atom stereocenters. The number of fused-ring (bicyclic) bond motifs is 1. The van der Waals surface area contributed by atoms with E-state index in [9.17, 15) is 24.6 Å². The van der Waals surface area contributed by atoms with Gasteiger partial charge in [-0.3, -0.25) is 23.9 Å². The molecule has 0 fully saturated rings. The first-order chi connectivity index (χ1) is 13.7. The van der Waals surface area contributed by atoms with E-state index in [0.717, 1.165) is 4.57 Å². The number of rotatable bonds is 10. The summed E-state index contributed by atoms with van der Waals surface area (Å²) >= 11 is 0.668. The number of aliphatic hydroxyl groups excluding tert-OH is 2. The Kier molecular flexibility index (Phi) is 7.87. The second-order valence-corrected chi connectivity index (χ2v) is 7.59. The lowest BCUT2D eigenvalue weighted by Gasteiger charge is -2.24. The number of nitrogens with zero attached hydrogens (tertiary/aromatic N) is 2.